The van der Waals surface area contributed by atoms with Crippen molar-refractivity contribution in [1.29, 1.82) is 0 Å². The van der Waals surface area contributed by atoms with E-state index in [0.29, 0.717) is 0 Å². The maximum absolute atomic E-state index is 6.16. The van der Waals surface area contributed by atoms with Gasteiger partial charge in [-0.25, -0.2) is 4.98 Å². The zero-order chi connectivity index (χ0) is 14.1. The molecule has 20 heavy (non-hydrogen) atoms. The average molecular weight is 265 g/mol. The van der Waals surface area contributed by atoms with Crippen LogP contribution >= 0.6 is 0 Å². The van der Waals surface area contributed by atoms with Gasteiger partial charge >= 0.3 is 0 Å². The molecule has 2 N–H and O–H groups in total. The third kappa shape index (κ3) is 2.05. The highest BCUT2D eigenvalue weighted by molar-refractivity contribution is 5.83. The summed E-state index contributed by atoms with van der Waals surface area (Å²) in [7, 11) is 0. The molecule has 3 heteroatoms. The SMILES string of the molecule is CCCn1c(-c2cc(C)ccc2N)nc2ccccc21. The normalized spacial score (nSPS) is 11.1. The molecule has 0 fully saturated rings. The number of imidazole rings is 1. The minimum Gasteiger partial charge on any atom is -0.398 e. The summed E-state index contributed by atoms with van der Waals surface area (Å²) >= 11 is 0. The Bertz CT molecular complexity index is 756. The zero-order valence-corrected chi connectivity index (χ0v) is 11.9. The van der Waals surface area contributed by atoms with Crippen molar-refractivity contribution in [3.05, 3.63) is 48.0 Å². The lowest BCUT2D eigenvalue weighted by atomic mass is 10.1. The summed E-state index contributed by atoms with van der Waals surface area (Å²) in [6, 6.07) is 14.4. The van der Waals surface area contributed by atoms with E-state index in [-0.39, 0.29) is 0 Å². The van der Waals surface area contributed by atoms with E-state index >= 15 is 0 Å². The first kappa shape index (κ1) is 12.7. The molecule has 2 aromatic carbocycles. The molecular weight excluding hydrogens is 246 g/mol. The second kappa shape index (κ2) is 5.00. The number of hydrogen-bond acceptors (Lipinski definition) is 2. The molecular formula is C17H19N3. The molecule has 0 amide bonds. The number of rotatable bonds is 3. The van der Waals surface area contributed by atoms with E-state index in [1.54, 1.807) is 0 Å². The molecule has 0 aliphatic rings. The number of para-hydroxylation sites is 2. The van der Waals surface area contributed by atoms with Crippen molar-refractivity contribution < 1.29 is 0 Å². The summed E-state index contributed by atoms with van der Waals surface area (Å²) < 4.78 is 2.26. The van der Waals surface area contributed by atoms with Gasteiger partial charge in [0.05, 0.1) is 11.0 Å². The topological polar surface area (TPSA) is 43.8 Å². The van der Waals surface area contributed by atoms with Gasteiger partial charge < -0.3 is 10.3 Å². The van der Waals surface area contributed by atoms with Gasteiger partial charge in [-0.2, -0.15) is 0 Å². The Kier molecular flexibility index (Phi) is 3.18. The van der Waals surface area contributed by atoms with Crippen LogP contribution in [0.25, 0.3) is 22.4 Å². The fourth-order valence-corrected chi connectivity index (χ4v) is 2.59. The van der Waals surface area contributed by atoms with Crippen LogP contribution in [0.1, 0.15) is 18.9 Å². The van der Waals surface area contributed by atoms with Crippen molar-refractivity contribution in [3.63, 3.8) is 0 Å². The van der Waals surface area contributed by atoms with Crippen molar-refractivity contribution in [3.8, 4) is 11.4 Å². The Morgan fingerprint density at radius 3 is 2.75 bits per heavy atom. The number of anilines is 1. The summed E-state index contributed by atoms with van der Waals surface area (Å²) in [5, 5.41) is 0. The van der Waals surface area contributed by atoms with Crippen LogP contribution in [0.4, 0.5) is 5.69 Å². The van der Waals surface area contributed by atoms with Gasteiger partial charge in [-0.3, -0.25) is 0 Å². The van der Waals surface area contributed by atoms with Crippen LogP contribution in [0.2, 0.25) is 0 Å². The molecule has 0 bridgehead atoms. The summed E-state index contributed by atoms with van der Waals surface area (Å²) in [4.78, 5) is 4.79. The third-order valence-electron chi connectivity index (χ3n) is 3.55. The van der Waals surface area contributed by atoms with E-state index in [9.17, 15) is 0 Å². The van der Waals surface area contributed by atoms with Crippen LogP contribution < -0.4 is 5.73 Å². The predicted octanol–water partition coefficient (Wildman–Crippen LogP) is 4.00. The van der Waals surface area contributed by atoms with Crippen LogP contribution in [0.3, 0.4) is 0 Å². The van der Waals surface area contributed by atoms with Gasteiger partial charge in [0.2, 0.25) is 0 Å². The van der Waals surface area contributed by atoms with Gasteiger partial charge in [-0.15, -0.1) is 0 Å². The van der Waals surface area contributed by atoms with Crippen molar-refractivity contribution in [2.24, 2.45) is 0 Å². The maximum atomic E-state index is 6.16. The maximum Gasteiger partial charge on any atom is 0.143 e. The van der Waals surface area contributed by atoms with E-state index in [1.807, 2.05) is 18.2 Å². The Morgan fingerprint density at radius 2 is 1.95 bits per heavy atom. The molecule has 0 unspecified atom stereocenters. The van der Waals surface area contributed by atoms with E-state index in [2.05, 4.69) is 42.7 Å². The Hall–Kier alpha value is -2.29. The minimum absolute atomic E-state index is 0.781. The van der Waals surface area contributed by atoms with E-state index < -0.39 is 0 Å². The van der Waals surface area contributed by atoms with Crippen molar-refractivity contribution >= 4 is 16.7 Å². The van der Waals surface area contributed by atoms with Gasteiger partial charge in [0.15, 0.2) is 0 Å². The number of nitrogens with two attached hydrogens (primary N) is 1. The number of benzene rings is 2. The zero-order valence-electron chi connectivity index (χ0n) is 11.9. The second-order valence-electron chi connectivity index (χ2n) is 5.17. The van der Waals surface area contributed by atoms with Gasteiger partial charge in [0, 0.05) is 17.8 Å². The molecule has 0 aliphatic heterocycles. The Morgan fingerprint density at radius 1 is 1.15 bits per heavy atom. The molecule has 0 spiro atoms. The highest BCUT2D eigenvalue weighted by Crippen LogP contribution is 2.29. The summed E-state index contributed by atoms with van der Waals surface area (Å²) in [5.41, 5.74) is 11.4. The van der Waals surface area contributed by atoms with Crippen LogP contribution in [-0.2, 0) is 6.54 Å². The van der Waals surface area contributed by atoms with E-state index in [1.165, 1.54) is 11.1 Å². The van der Waals surface area contributed by atoms with Crippen LogP contribution in [-0.4, -0.2) is 9.55 Å². The standard InChI is InChI=1S/C17H19N3/c1-3-10-20-16-7-5-4-6-15(16)19-17(20)13-11-12(2)8-9-14(13)18/h4-9,11H,3,10,18H2,1-2H3. The number of nitrogen functional groups attached to an aromatic ring is 1. The van der Waals surface area contributed by atoms with Gasteiger partial charge in [-0.1, -0.05) is 30.7 Å². The van der Waals surface area contributed by atoms with Crippen LogP contribution in [0.15, 0.2) is 42.5 Å². The molecule has 102 valence electrons. The van der Waals surface area contributed by atoms with Crippen molar-refractivity contribution in [2.45, 2.75) is 26.8 Å². The van der Waals surface area contributed by atoms with E-state index in [0.717, 1.165) is 35.6 Å². The first-order chi connectivity index (χ1) is 9.70. The van der Waals surface area contributed by atoms with Gasteiger partial charge in [0.1, 0.15) is 5.82 Å². The Labute approximate surface area is 119 Å². The molecule has 0 atom stereocenters. The molecule has 1 aromatic heterocycles. The first-order valence-corrected chi connectivity index (χ1v) is 7.02. The van der Waals surface area contributed by atoms with Crippen LogP contribution in [0.5, 0.6) is 0 Å². The number of nitrogens with zero attached hydrogens (tertiary/aromatic N) is 2. The average Bonchev–Trinajstić information content (AvgIpc) is 2.81. The van der Waals surface area contributed by atoms with E-state index in [4.69, 9.17) is 10.7 Å². The summed E-state index contributed by atoms with van der Waals surface area (Å²) in [5.74, 6) is 0.967. The third-order valence-corrected chi connectivity index (χ3v) is 3.55. The fraction of sp³-hybridized carbons (Fsp3) is 0.235. The Balaban J connectivity index is 2.29. The van der Waals surface area contributed by atoms with Crippen LogP contribution in [0, 0.1) is 6.92 Å². The predicted molar refractivity (Wildman–Crippen MR) is 84.6 cm³/mol. The molecule has 0 aliphatic carbocycles. The number of hydrogen-bond donors (Lipinski definition) is 1. The molecule has 1 heterocycles. The number of aryl methyl sites for hydroxylation is 2. The molecule has 3 rings (SSSR count). The summed E-state index contributed by atoms with van der Waals surface area (Å²) in [6.07, 6.45) is 1.07. The molecule has 0 radical (unpaired) electrons. The first-order valence-electron chi connectivity index (χ1n) is 7.02. The lowest BCUT2D eigenvalue weighted by Gasteiger charge is -2.10. The monoisotopic (exact) mass is 265 g/mol. The smallest absolute Gasteiger partial charge is 0.143 e. The lowest BCUT2D eigenvalue weighted by molar-refractivity contribution is 0.704. The second-order valence-corrected chi connectivity index (χ2v) is 5.17. The quantitative estimate of drug-likeness (QED) is 0.727. The molecule has 0 saturated heterocycles. The number of aromatic nitrogens is 2. The van der Waals surface area contributed by atoms with Gasteiger partial charge in [0.25, 0.3) is 0 Å². The highest BCUT2D eigenvalue weighted by atomic mass is 15.1. The lowest BCUT2D eigenvalue weighted by Crippen LogP contribution is -2.02. The highest BCUT2D eigenvalue weighted by Gasteiger charge is 2.14. The number of fused-ring (bicyclic) bond motifs is 1. The van der Waals surface area contributed by atoms with Gasteiger partial charge in [-0.05, 0) is 37.6 Å². The molecule has 3 nitrogen and oxygen atoms in total. The largest absolute Gasteiger partial charge is 0.398 e. The van der Waals surface area contributed by atoms with Crippen molar-refractivity contribution in [1.82, 2.24) is 9.55 Å². The fourth-order valence-electron chi connectivity index (χ4n) is 2.59. The minimum atomic E-state index is 0.781. The van der Waals surface area contributed by atoms with Crippen molar-refractivity contribution in [2.75, 3.05) is 5.73 Å². The summed E-state index contributed by atoms with van der Waals surface area (Å²) in [6.45, 7) is 5.21. The molecule has 0 saturated carbocycles. The molecule has 3 aromatic rings.